The van der Waals surface area contributed by atoms with Crippen molar-refractivity contribution in [1.29, 1.82) is 0 Å². The van der Waals surface area contributed by atoms with Crippen molar-refractivity contribution >= 4 is 25.5 Å². The average molecular weight is 462 g/mol. The van der Waals surface area contributed by atoms with Crippen molar-refractivity contribution in [2.24, 2.45) is 5.41 Å². The first kappa shape index (κ1) is 23.9. The van der Waals surface area contributed by atoms with E-state index in [2.05, 4.69) is 27.5 Å². The van der Waals surface area contributed by atoms with Crippen LogP contribution >= 0.6 is 0 Å². The van der Waals surface area contributed by atoms with E-state index in [4.69, 9.17) is 13.6 Å². The van der Waals surface area contributed by atoms with Gasteiger partial charge >= 0.3 is 5.97 Å². The fourth-order valence-electron chi connectivity index (χ4n) is 4.40. The number of imidazole rings is 1. The Morgan fingerprint density at radius 1 is 1.19 bits per heavy atom. The van der Waals surface area contributed by atoms with E-state index in [1.54, 1.807) is 6.20 Å². The first-order valence-electron chi connectivity index (χ1n) is 11.2. The van der Waals surface area contributed by atoms with Crippen molar-refractivity contribution < 1.29 is 18.4 Å². The van der Waals surface area contributed by atoms with E-state index in [1.165, 1.54) is 0 Å². The molecule has 1 aromatic carbocycles. The van der Waals surface area contributed by atoms with Gasteiger partial charge < -0.3 is 18.2 Å². The standard InChI is InChI=1S/C22H35N3O4Si2/c1-21(2,20(26)27-16-18-9-6-5-7-10-18)22(28-30-3,29-31-4)25-13-8-11-19(25)15-24-14-12-23-17-24/h5-7,9-10,12,14,17,19H,8,11,13,15-16,30-31H2,1-4H3. The molecule has 0 amide bonds. The third kappa shape index (κ3) is 5.17. The Morgan fingerprint density at radius 2 is 1.90 bits per heavy atom. The largest absolute Gasteiger partial charge is 0.460 e. The number of benzene rings is 1. The highest BCUT2D eigenvalue weighted by Crippen LogP contribution is 2.43. The maximum Gasteiger partial charge on any atom is 0.318 e. The second-order valence-electron chi connectivity index (χ2n) is 8.38. The third-order valence-electron chi connectivity index (χ3n) is 5.93. The molecule has 0 aliphatic carbocycles. The van der Waals surface area contributed by atoms with Crippen molar-refractivity contribution in [3.05, 3.63) is 54.6 Å². The first-order valence-corrected chi connectivity index (χ1v) is 15.1. The van der Waals surface area contributed by atoms with Crippen LogP contribution in [-0.4, -0.2) is 58.4 Å². The van der Waals surface area contributed by atoms with Gasteiger partial charge in [0.05, 0.1) is 6.33 Å². The molecule has 1 atom stereocenters. The van der Waals surface area contributed by atoms with Crippen LogP contribution in [0.4, 0.5) is 0 Å². The molecule has 9 heteroatoms. The Morgan fingerprint density at radius 3 is 2.52 bits per heavy atom. The molecule has 2 aromatic rings. The SMILES string of the molecule is C[SiH2]OC(O[SiH2]C)(N1CCCC1Cn1ccnc1)C(C)(C)C(=O)OCc1ccccc1. The second kappa shape index (κ2) is 10.7. The number of rotatable bonds is 11. The summed E-state index contributed by atoms with van der Waals surface area (Å²) in [5.74, 6) is -1.39. The van der Waals surface area contributed by atoms with Crippen LogP contribution in [0.5, 0.6) is 0 Å². The van der Waals surface area contributed by atoms with Crippen LogP contribution in [0.3, 0.4) is 0 Å². The van der Waals surface area contributed by atoms with Gasteiger partial charge in [-0.15, -0.1) is 0 Å². The topological polar surface area (TPSA) is 65.8 Å². The van der Waals surface area contributed by atoms with E-state index in [1.807, 2.05) is 56.7 Å². The first-order chi connectivity index (χ1) is 14.9. The lowest BCUT2D eigenvalue weighted by Crippen LogP contribution is -2.66. The van der Waals surface area contributed by atoms with E-state index >= 15 is 0 Å². The molecule has 31 heavy (non-hydrogen) atoms. The van der Waals surface area contributed by atoms with Gasteiger partial charge in [0.2, 0.25) is 5.91 Å². The molecule has 1 fully saturated rings. The fourth-order valence-corrected chi connectivity index (χ4v) is 6.57. The molecule has 0 saturated carbocycles. The van der Waals surface area contributed by atoms with Crippen molar-refractivity contribution in [1.82, 2.24) is 14.5 Å². The predicted molar refractivity (Wildman–Crippen MR) is 126 cm³/mol. The molecule has 7 nitrogen and oxygen atoms in total. The molecule has 0 radical (unpaired) electrons. The Labute approximate surface area is 190 Å². The number of hydrogen-bond donors (Lipinski definition) is 0. The van der Waals surface area contributed by atoms with Crippen LogP contribution in [-0.2, 0) is 31.5 Å². The molecule has 0 spiro atoms. The zero-order chi connectivity index (χ0) is 22.3. The number of nitrogens with zero attached hydrogens (tertiary/aromatic N) is 3. The maximum atomic E-state index is 13.4. The number of carbonyl (C=O) groups excluding carboxylic acids is 1. The van der Waals surface area contributed by atoms with E-state index in [-0.39, 0.29) is 18.6 Å². The number of ether oxygens (including phenoxy) is 1. The summed E-state index contributed by atoms with van der Waals surface area (Å²) in [7, 11) is -1.75. The maximum absolute atomic E-state index is 13.4. The summed E-state index contributed by atoms with van der Waals surface area (Å²) in [6, 6.07) is 9.96. The van der Waals surface area contributed by atoms with Crippen LogP contribution in [0, 0.1) is 5.41 Å². The van der Waals surface area contributed by atoms with Gasteiger partial charge in [0.1, 0.15) is 12.0 Å². The van der Waals surface area contributed by atoms with Crippen LogP contribution in [0.2, 0.25) is 13.1 Å². The normalized spacial score (nSPS) is 20.1. The van der Waals surface area contributed by atoms with Gasteiger partial charge in [-0.3, -0.25) is 4.79 Å². The summed E-state index contributed by atoms with van der Waals surface area (Å²) in [6.45, 7) is 9.84. The highest BCUT2D eigenvalue weighted by molar-refractivity contribution is 6.26. The van der Waals surface area contributed by atoms with Crippen molar-refractivity contribution in [3.8, 4) is 0 Å². The quantitative estimate of drug-likeness (QED) is 0.290. The molecule has 2 heterocycles. The molecule has 0 bridgehead atoms. The van der Waals surface area contributed by atoms with Gasteiger partial charge in [-0.25, -0.2) is 9.88 Å². The smallest absolute Gasteiger partial charge is 0.318 e. The number of hydrogen-bond acceptors (Lipinski definition) is 6. The number of carbonyl (C=O) groups is 1. The lowest BCUT2D eigenvalue weighted by molar-refractivity contribution is -0.291. The third-order valence-corrected chi connectivity index (χ3v) is 7.29. The lowest BCUT2D eigenvalue weighted by Gasteiger charge is -2.51. The van der Waals surface area contributed by atoms with Crippen LogP contribution < -0.4 is 0 Å². The molecule has 1 saturated heterocycles. The van der Waals surface area contributed by atoms with Crippen molar-refractivity contribution in [2.75, 3.05) is 6.54 Å². The minimum absolute atomic E-state index is 0.205. The van der Waals surface area contributed by atoms with Gasteiger partial charge in [-0.05, 0) is 32.3 Å². The minimum atomic E-state index is -1.09. The molecule has 1 aliphatic heterocycles. The van der Waals surface area contributed by atoms with Gasteiger partial charge in [0, 0.05) is 31.5 Å². The van der Waals surface area contributed by atoms with E-state index < -0.39 is 30.9 Å². The number of esters is 1. The summed E-state index contributed by atoms with van der Waals surface area (Å²) in [5, 5.41) is 0. The number of likely N-dealkylation sites (tertiary alicyclic amines) is 1. The van der Waals surface area contributed by atoms with E-state index in [0.29, 0.717) is 0 Å². The monoisotopic (exact) mass is 461 g/mol. The molecule has 3 rings (SSSR count). The Bertz CT molecular complexity index is 811. The second-order valence-corrected chi connectivity index (χ2v) is 10.1. The Balaban J connectivity index is 1.86. The fraction of sp³-hybridized carbons (Fsp3) is 0.545. The Hall–Kier alpha value is -1.79. The summed E-state index contributed by atoms with van der Waals surface area (Å²) < 4.78 is 20.9. The highest BCUT2D eigenvalue weighted by atomic mass is 28.2. The zero-order valence-electron chi connectivity index (χ0n) is 19.1. The van der Waals surface area contributed by atoms with Crippen LogP contribution in [0.1, 0.15) is 32.3 Å². The molecule has 1 unspecified atom stereocenters. The van der Waals surface area contributed by atoms with E-state index in [9.17, 15) is 4.79 Å². The van der Waals surface area contributed by atoms with Crippen molar-refractivity contribution in [2.45, 2.75) is 64.9 Å². The predicted octanol–water partition coefficient (Wildman–Crippen LogP) is 2.07. The highest BCUT2D eigenvalue weighted by Gasteiger charge is 2.59. The van der Waals surface area contributed by atoms with Crippen LogP contribution in [0.25, 0.3) is 0 Å². The van der Waals surface area contributed by atoms with Gasteiger partial charge in [0.15, 0.2) is 19.5 Å². The van der Waals surface area contributed by atoms with Gasteiger partial charge in [-0.1, -0.05) is 43.4 Å². The molecule has 1 aromatic heterocycles. The van der Waals surface area contributed by atoms with Gasteiger partial charge in [0.25, 0.3) is 0 Å². The number of aromatic nitrogens is 2. The zero-order valence-corrected chi connectivity index (χ0v) is 21.9. The lowest BCUT2D eigenvalue weighted by atomic mass is 9.87. The summed E-state index contributed by atoms with van der Waals surface area (Å²) >= 11 is 0. The van der Waals surface area contributed by atoms with Gasteiger partial charge in [-0.2, -0.15) is 0 Å². The molecule has 170 valence electrons. The minimum Gasteiger partial charge on any atom is -0.460 e. The van der Waals surface area contributed by atoms with Crippen LogP contribution in [0.15, 0.2) is 49.1 Å². The van der Waals surface area contributed by atoms with E-state index in [0.717, 1.165) is 31.5 Å². The molecular weight excluding hydrogens is 426 g/mol. The molecule has 1 aliphatic rings. The summed E-state index contributed by atoms with van der Waals surface area (Å²) in [4.78, 5) is 19.9. The van der Waals surface area contributed by atoms with Crippen molar-refractivity contribution in [3.63, 3.8) is 0 Å². The summed E-state index contributed by atoms with van der Waals surface area (Å²) in [5.41, 5.74) is -0.0151. The Kier molecular flexibility index (Phi) is 8.23. The summed E-state index contributed by atoms with van der Waals surface area (Å²) in [6.07, 6.45) is 7.67. The average Bonchev–Trinajstić information content (AvgIpc) is 3.45. The molecular formula is C22H35N3O4Si2. The molecule has 0 N–H and O–H groups in total.